The van der Waals surface area contributed by atoms with Crippen molar-refractivity contribution in [2.75, 3.05) is 7.11 Å². The van der Waals surface area contributed by atoms with Gasteiger partial charge in [0.25, 0.3) is 0 Å². The van der Waals surface area contributed by atoms with E-state index in [0.29, 0.717) is 22.5 Å². The van der Waals surface area contributed by atoms with E-state index in [1.54, 1.807) is 13.3 Å². The molecule has 0 atom stereocenters. The number of rotatable bonds is 4. The highest BCUT2D eigenvalue weighted by Gasteiger charge is 2.32. The summed E-state index contributed by atoms with van der Waals surface area (Å²) in [5.74, 6) is 1.23. The quantitative estimate of drug-likeness (QED) is 0.619. The maximum absolute atomic E-state index is 12.7. The highest BCUT2D eigenvalue weighted by atomic mass is 79.9. The van der Waals surface area contributed by atoms with Gasteiger partial charge >= 0.3 is 6.18 Å². The van der Waals surface area contributed by atoms with Crippen LogP contribution in [0.1, 0.15) is 11.3 Å². The first kappa shape index (κ1) is 17.5. The van der Waals surface area contributed by atoms with Crippen molar-refractivity contribution in [2.24, 2.45) is 0 Å². The third-order valence-corrected chi connectivity index (χ3v) is 4.27. The third kappa shape index (κ3) is 3.68. The van der Waals surface area contributed by atoms with Crippen molar-refractivity contribution in [3.05, 3.63) is 64.7 Å². The average Bonchev–Trinajstić information content (AvgIpc) is 2.95. The van der Waals surface area contributed by atoms with E-state index < -0.39 is 11.9 Å². The Morgan fingerprint density at radius 1 is 1.08 bits per heavy atom. The summed E-state index contributed by atoms with van der Waals surface area (Å²) in [4.78, 5) is 7.78. The van der Waals surface area contributed by atoms with Crippen LogP contribution in [0.3, 0.4) is 0 Å². The van der Waals surface area contributed by atoms with Gasteiger partial charge in [-0.05, 0) is 34.1 Å². The van der Waals surface area contributed by atoms with Crippen LogP contribution in [-0.4, -0.2) is 21.6 Å². The number of methoxy groups -OCH3 is 1. The summed E-state index contributed by atoms with van der Waals surface area (Å²) in [6, 6.07) is 9.84. The molecule has 0 bridgehead atoms. The minimum absolute atomic E-state index is 0.445. The molecule has 4 nitrogen and oxygen atoms in total. The Morgan fingerprint density at radius 3 is 2.48 bits per heavy atom. The topological polar surface area (TPSA) is 39.9 Å². The molecule has 8 heteroatoms. The van der Waals surface area contributed by atoms with Crippen LogP contribution in [0, 0.1) is 0 Å². The largest absolute Gasteiger partial charge is 0.496 e. The summed E-state index contributed by atoms with van der Waals surface area (Å²) in [5, 5.41) is 0. The number of ether oxygens (including phenoxy) is 1. The van der Waals surface area contributed by atoms with Crippen LogP contribution in [0.25, 0.3) is 11.4 Å². The van der Waals surface area contributed by atoms with Crippen molar-refractivity contribution in [1.29, 1.82) is 0 Å². The Hall–Kier alpha value is -2.35. The van der Waals surface area contributed by atoms with Crippen LogP contribution < -0.4 is 4.74 Å². The van der Waals surface area contributed by atoms with Crippen LogP contribution in [0.15, 0.2) is 53.4 Å². The summed E-state index contributed by atoms with van der Waals surface area (Å²) in [5.41, 5.74) is 0.483. The van der Waals surface area contributed by atoms with Crippen LogP contribution >= 0.6 is 15.9 Å². The highest BCUT2D eigenvalue weighted by molar-refractivity contribution is 9.10. The number of pyridine rings is 1. The molecule has 3 rings (SSSR count). The van der Waals surface area contributed by atoms with Gasteiger partial charge in [0.05, 0.1) is 19.9 Å². The zero-order chi connectivity index (χ0) is 18.0. The first-order chi connectivity index (χ1) is 11.9. The molecule has 0 aliphatic carbocycles. The van der Waals surface area contributed by atoms with Gasteiger partial charge in [0, 0.05) is 17.3 Å². The number of imidazole rings is 1. The minimum atomic E-state index is -4.47. The zero-order valence-electron chi connectivity index (χ0n) is 13.1. The molecule has 130 valence electrons. The number of aromatic nitrogens is 3. The molecule has 25 heavy (non-hydrogen) atoms. The lowest BCUT2D eigenvalue weighted by molar-refractivity contribution is -0.141. The highest BCUT2D eigenvalue weighted by Crippen LogP contribution is 2.30. The van der Waals surface area contributed by atoms with Gasteiger partial charge in [-0.2, -0.15) is 13.2 Å². The van der Waals surface area contributed by atoms with Gasteiger partial charge in [-0.25, -0.2) is 4.98 Å². The lowest BCUT2D eigenvalue weighted by Gasteiger charge is -2.13. The molecule has 0 spiro atoms. The van der Waals surface area contributed by atoms with Crippen LogP contribution in [0.2, 0.25) is 0 Å². The molecular formula is C17H13BrF3N3O. The summed E-state index contributed by atoms with van der Waals surface area (Å²) < 4.78 is 45.9. The maximum Gasteiger partial charge on any atom is 0.433 e. The lowest BCUT2D eigenvalue weighted by atomic mass is 10.2. The SMILES string of the molecule is COc1ccccc1Cn1c(Br)cnc1-c1ccc(C(F)(F)F)nc1. The number of hydrogen-bond acceptors (Lipinski definition) is 3. The van der Waals surface area contributed by atoms with E-state index in [-0.39, 0.29) is 0 Å². The molecule has 1 aromatic carbocycles. The standard InChI is InChI=1S/C17H13BrF3N3O/c1-25-13-5-3-2-4-12(13)10-24-15(18)9-23-16(24)11-6-7-14(22-8-11)17(19,20)21/h2-9H,10H2,1H3. The van der Waals surface area contributed by atoms with Gasteiger partial charge in [0.2, 0.25) is 0 Å². The lowest BCUT2D eigenvalue weighted by Crippen LogP contribution is -2.08. The Kier molecular flexibility index (Phi) is 4.80. The molecule has 0 radical (unpaired) electrons. The second-order valence-electron chi connectivity index (χ2n) is 5.23. The molecule has 0 saturated carbocycles. The van der Waals surface area contributed by atoms with Crippen molar-refractivity contribution in [3.8, 4) is 17.1 Å². The predicted octanol–water partition coefficient (Wildman–Crippen LogP) is 4.78. The average molecular weight is 412 g/mol. The van der Waals surface area contributed by atoms with E-state index in [2.05, 4.69) is 25.9 Å². The third-order valence-electron chi connectivity index (χ3n) is 3.64. The van der Waals surface area contributed by atoms with Gasteiger partial charge in [-0.1, -0.05) is 18.2 Å². The first-order valence-corrected chi connectivity index (χ1v) is 8.06. The monoisotopic (exact) mass is 411 g/mol. The number of benzene rings is 1. The number of para-hydroxylation sites is 1. The second-order valence-corrected chi connectivity index (χ2v) is 6.04. The molecule has 0 N–H and O–H groups in total. The Labute approximate surface area is 150 Å². The molecule has 0 fully saturated rings. The Morgan fingerprint density at radius 2 is 1.84 bits per heavy atom. The molecule has 2 aromatic heterocycles. The summed E-state index contributed by atoms with van der Waals surface area (Å²) >= 11 is 3.42. The Balaban J connectivity index is 1.97. The summed E-state index contributed by atoms with van der Waals surface area (Å²) in [6.45, 7) is 0.445. The molecule has 3 aromatic rings. The minimum Gasteiger partial charge on any atom is -0.496 e. The van der Waals surface area contributed by atoms with Crippen molar-refractivity contribution in [2.45, 2.75) is 12.7 Å². The molecule has 0 aliphatic rings. The van der Waals surface area contributed by atoms with E-state index >= 15 is 0 Å². The van der Waals surface area contributed by atoms with Crippen molar-refractivity contribution >= 4 is 15.9 Å². The van der Waals surface area contributed by atoms with E-state index in [0.717, 1.165) is 17.4 Å². The van der Waals surface area contributed by atoms with Gasteiger partial charge < -0.3 is 9.30 Å². The smallest absolute Gasteiger partial charge is 0.433 e. The maximum atomic E-state index is 12.7. The van der Waals surface area contributed by atoms with Crippen LogP contribution in [0.4, 0.5) is 13.2 Å². The number of hydrogen-bond donors (Lipinski definition) is 0. The van der Waals surface area contributed by atoms with Crippen molar-refractivity contribution in [3.63, 3.8) is 0 Å². The number of nitrogens with zero attached hydrogens (tertiary/aromatic N) is 3. The van der Waals surface area contributed by atoms with E-state index in [1.807, 2.05) is 28.8 Å². The number of alkyl halides is 3. The van der Waals surface area contributed by atoms with E-state index in [1.165, 1.54) is 12.3 Å². The molecule has 0 amide bonds. The fraction of sp³-hybridized carbons (Fsp3) is 0.176. The van der Waals surface area contributed by atoms with Gasteiger partial charge in [-0.3, -0.25) is 4.98 Å². The molecule has 2 heterocycles. The molecule has 0 unspecified atom stereocenters. The molecule has 0 aliphatic heterocycles. The van der Waals surface area contributed by atoms with Crippen molar-refractivity contribution < 1.29 is 17.9 Å². The van der Waals surface area contributed by atoms with Crippen LogP contribution in [0.5, 0.6) is 5.75 Å². The second kappa shape index (κ2) is 6.87. The van der Waals surface area contributed by atoms with Crippen molar-refractivity contribution in [1.82, 2.24) is 14.5 Å². The Bertz CT molecular complexity index is 876. The normalized spacial score (nSPS) is 11.6. The summed E-state index contributed by atoms with van der Waals surface area (Å²) in [7, 11) is 1.59. The zero-order valence-corrected chi connectivity index (χ0v) is 14.7. The number of halogens is 4. The van der Waals surface area contributed by atoms with Gasteiger partial charge in [-0.15, -0.1) is 0 Å². The van der Waals surface area contributed by atoms with Gasteiger partial charge in [0.1, 0.15) is 21.9 Å². The summed E-state index contributed by atoms with van der Waals surface area (Å²) in [6.07, 6.45) is -1.69. The first-order valence-electron chi connectivity index (χ1n) is 7.26. The molecular weight excluding hydrogens is 399 g/mol. The fourth-order valence-electron chi connectivity index (χ4n) is 2.43. The fourth-order valence-corrected chi connectivity index (χ4v) is 2.83. The van der Waals surface area contributed by atoms with E-state index in [4.69, 9.17) is 4.74 Å². The molecule has 0 saturated heterocycles. The van der Waals surface area contributed by atoms with E-state index in [9.17, 15) is 13.2 Å². The van der Waals surface area contributed by atoms with Crippen LogP contribution in [-0.2, 0) is 12.7 Å². The predicted molar refractivity (Wildman–Crippen MR) is 90.3 cm³/mol. The van der Waals surface area contributed by atoms with Gasteiger partial charge in [0.15, 0.2) is 0 Å².